The van der Waals surface area contributed by atoms with E-state index < -0.39 is 10.0 Å². The van der Waals surface area contributed by atoms with Crippen LogP contribution in [0.3, 0.4) is 0 Å². The van der Waals surface area contributed by atoms with E-state index >= 15 is 0 Å². The Kier molecular flexibility index (Phi) is 4.85. The Morgan fingerprint density at radius 1 is 1.22 bits per heavy atom. The van der Waals surface area contributed by atoms with Crippen LogP contribution in [0.4, 0.5) is 0 Å². The van der Waals surface area contributed by atoms with Gasteiger partial charge in [-0.25, -0.2) is 12.7 Å². The molecule has 0 unspecified atom stereocenters. The van der Waals surface area contributed by atoms with Gasteiger partial charge in [0.1, 0.15) is 5.76 Å². The van der Waals surface area contributed by atoms with Gasteiger partial charge < -0.3 is 4.42 Å². The molecule has 3 rings (SSSR count). The molecule has 0 saturated heterocycles. The molecule has 1 heterocycles. The van der Waals surface area contributed by atoms with Crippen LogP contribution in [-0.2, 0) is 22.2 Å². The molecule has 0 amide bonds. The first kappa shape index (κ1) is 16.6. The highest BCUT2D eigenvalue weighted by molar-refractivity contribution is 7.98. The summed E-state index contributed by atoms with van der Waals surface area (Å²) in [6, 6.07) is 11.9. The van der Waals surface area contributed by atoms with Gasteiger partial charge in [0.2, 0.25) is 5.09 Å². The monoisotopic (exact) mass is 351 g/mol. The SMILES string of the molecule is CN(C)S(=O)(=O)c1ccc(CS[C@@H]2CCCc3ccccc32)o1. The Morgan fingerprint density at radius 2 is 2.00 bits per heavy atom. The lowest BCUT2D eigenvalue weighted by Crippen LogP contribution is -2.21. The van der Waals surface area contributed by atoms with E-state index in [1.807, 2.05) is 11.8 Å². The number of furan rings is 1. The van der Waals surface area contributed by atoms with Crippen LogP contribution in [0, 0.1) is 0 Å². The van der Waals surface area contributed by atoms with Gasteiger partial charge in [0, 0.05) is 19.3 Å². The summed E-state index contributed by atoms with van der Waals surface area (Å²) in [7, 11) is -0.480. The summed E-state index contributed by atoms with van der Waals surface area (Å²) in [5, 5.41) is 0.473. The number of fused-ring (bicyclic) bond motifs is 1. The van der Waals surface area contributed by atoms with Crippen molar-refractivity contribution in [1.29, 1.82) is 0 Å². The van der Waals surface area contributed by atoms with Crippen LogP contribution >= 0.6 is 11.8 Å². The molecule has 124 valence electrons. The molecule has 0 spiro atoms. The molecule has 1 atom stereocenters. The predicted octanol–water partition coefficient (Wildman–Crippen LogP) is 3.84. The smallest absolute Gasteiger partial charge is 0.275 e. The van der Waals surface area contributed by atoms with Gasteiger partial charge in [-0.15, -0.1) is 11.8 Å². The second-order valence-electron chi connectivity index (χ2n) is 5.90. The Hall–Kier alpha value is -1.24. The Bertz CT molecular complexity index is 781. The molecule has 0 saturated carbocycles. The van der Waals surface area contributed by atoms with Crippen LogP contribution in [0.15, 0.2) is 45.9 Å². The second-order valence-corrected chi connectivity index (χ2v) is 9.17. The van der Waals surface area contributed by atoms with E-state index in [9.17, 15) is 8.42 Å². The molecule has 0 aliphatic heterocycles. The summed E-state index contributed by atoms with van der Waals surface area (Å²) in [6.45, 7) is 0. The molecule has 0 bridgehead atoms. The van der Waals surface area contributed by atoms with E-state index in [0.29, 0.717) is 16.8 Å². The third-order valence-corrected chi connectivity index (χ3v) is 7.15. The first-order chi connectivity index (χ1) is 11.0. The fraction of sp³-hybridized carbons (Fsp3) is 0.412. The number of rotatable bonds is 5. The Labute approximate surface area is 141 Å². The van der Waals surface area contributed by atoms with Gasteiger partial charge in [-0.05, 0) is 42.5 Å². The number of sulfonamides is 1. The maximum Gasteiger partial charge on any atom is 0.275 e. The lowest BCUT2D eigenvalue weighted by Gasteiger charge is -2.24. The van der Waals surface area contributed by atoms with Gasteiger partial charge in [-0.1, -0.05) is 24.3 Å². The largest absolute Gasteiger partial charge is 0.447 e. The number of hydrogen-bond donors (Lipinski definition) is 0. The van der Waals surface area contributed by atoms with Crippen molar-refractivity contribution in [2.24, 2.45) is 0 Å². The third-order valence-electron chi connectivity index (χ3n) is 4.11. The molecule has 0 radical (unpaired) electrons. The van der Waals surface area contributed by atoms with Crippen molar-refractivity contribution in [2.75, 3.05) is 14.1 Å². The van der Waals surface area contributed by atoms with E-state index in [1.165, 1.54) is 35.9 Å². The average Bonchev–Trinajstić information content (AvgIpc) is 3.02. The molecule has 1 aromatic heterocycles. The second kappa shape index (κ2) is 6.71. The molecule has 6 heteroatoms. The molecule has 2 aromatic rings. The van der Waals surface area contributed by atoms with Crippen LogP contribution < -0.4 is 0 Å². The van der Waals surface area contributed by atoms with E-state index in [2.05, 4.69) is 24.3 Å². The number of aryl methyl sites for hydroxylation is 1. The van der Waals surface area contributed by atoms with Crippen LogP contribution in [0.2, 0.25) is 0 Å². The normalized spacial score (nSPS) is 18.1. The maximum absolute atomic E-state index is 12.0. The van der Waals surface area contributed by atoms with Crippen molar-refractivity contribution in [3.8, 4) is 0 Å². The fourth-order valence-corrected chi connectivity index (χ4v) is 4.90. The third kappa shape index (κ3) is 3.49. The van der Waals surface area contributed by atoms with Crippen molar-refractivity contribution < 1.29 is 12.8 Å². The van der Waals surface area contributed by atoms with Gasteiger partial charge in [-0.2, -0.15) is 0 Å². The zero-order valence-corrected chi connectivity index (χ0v) is 15.0. The minimum atomic E-state index is -3.49. The zero-order chi connectivity index (χ0) is 16.4. The summed E-state index contributed by atoms with van der Waals surface area (Å²) >= 11 is 1.82. The molecule has 4 nitrogen and oxygen atoms in total. The molecular formula is C17H21NO3S2. The maximum atomic E-state index is 12.0. The quantitative estimate of drug-likeness (QED) is 0.821. The highest BCUT2D eigenvalue weighted by Gasteiger charge is 2.23. The van der Waals surface area contributed by atoms with E-state index in [4.69, 9.17) is 4.42 Å². The molecule has 23 heavy (non-hydrogen) atoms. The van der Waals surface area contributed by atoms with E-state index in [-0.39, 0.29) is 5.09 Å². The van der Waals surface area contributed by atoms with Crippen LogP contribution in [0.5, 0.6) is 0 Å². The number of thioether (sulfide) groups is 1. The van der Waals surface area contributed by atoms with Crippen molar-refractivity contribution >= 4 is 21.8 Å². The summed E-state index contributed by atoms with van der Waals surface area (Å²) in [6.07, 6.45) is 3.51. The minimum absolute atomic E-state index is 0.0159. The zero-order valence-electron chi connectivity index (χ0n) is 13.4. The predicted molar refractivity (Wildman–Crippen MR) is 93.0 cm³/mol. The lowest BCUT2D eigenvalue weighted by molar-refractivity contribution is 0.408. The fourth-order valence-electron chi connectivity index (χ4n) is 2.82. The molecule has 1 aromatic carbocycles. The Balaban J connectivity index is 1.70. The van der Waals surface area contributed by atoms with Crippen molar-refractivity contribution in [1.82, 2.24) is 4.31 Å². The van der Waals surface area contributed by atoms with E-state index in [1.54, 1.807) is 12.1 Å². The first-order valence-electron chi connectivity index (χ1n) is 7.69. The summed E-state index contributed by atoms with van der Waals surface area (Å²) in [5.41, 5.74) is 2.85. The van der Waals surface area contributed by atoms with Gasteiger partial charge in [-0.3, -0.25) is 0 Å². The molecule has 1 aliphatic carbocycles. The topological polar surface area (TPSA) is 50.5 Å². The summed E-state index contributed by atoms with van der Waals surface area (Å²) in [5.74, 6) is 1.39. The van der Waals surface area contributed by atoms with Crippen LogP contribution in [-0.4, -0.2) is 26.8 Å². The molecule has 0 fully saturated rings. The number of benzene rings is 1. The van der Waals surface area contributed by atoms with Gasteiger partial charge in [0.05, 0.1) is 5.75 Å². The minimum Gasteiger partial charge on any atom is -0.447 e. The van der Waals surface area contributed by atoms with Gasteiger partial charge >= 0.3 is 0 Å². The highest BCUT2D eigenvalue weighted by Crippen LogP contribution is 2.41. The van der Waals surface area contributed by atoms with Crippen molar-refractivity contribution in [2.45, 2.75) is 35.4 Å². The van der Waals surface area contributed by atoms with Crippen LogP contribution in [0.1, 0.15) is 35.0 Å². The molecule has 1 aliphatic rings. The van der Waals surface area contributed by atoms with Gasteiger partial charge in [0.25, 0.3) is 10.0 Å². The first-order valence-corrected chi connectivity index (χ1v) is 10.2. The summed E-state index contributed by atoms with van der Waals surface area (Å²) < 4.78 is 30.8. The van der Waals surface area contributed by atoms with Crippen molar-refractivity contribution in [3.63, 3.8) is 0 Å². The number of nitrogens with zero attached hydrogens (tertiary/aromatic N) is 1. The van der Waals surface area contributed by atoms with Gasteiger partial charge in [0.15, 0.2) is 0 Å². The van der Waals surface area contributed by atoms with E-state index in [0.717, 1.165) is 12.8 Å². The Morgan fingerprint density at radius 3 is 2.78 bits per heavy atom. The average molecular weight is 351 g/mol. The van der Waals surface area contributed by atoms with Crippen LogP contribution in [0.25, 0.3) is 0 Å². The highest BCUT2D eigenvalue weighted by atomic mass is 32.2. The standard InChI is InChI=1S/C17H21NO3S2/c1-18(2)23(19,20)17-11-10-14(21-17)12-22-16-9-5-7-13-6-3-4-8-15(13)16/h3-4,6,8,10-11,16H,5,7,9,12H2,1-2H3/t16-/m1/s1. The summed E-state index contributed by atoms with van der Waals surface area (Å²) in [4.78, 5) is 0. The van der Waals surface area contributed by atoms with Crippen molar-refractivity contribution in [3.05, 3.63) is 53.3 Å². The number of hydrogen-bond acceptors (Lipinski definition) is 4. The molecular weight excluding hydrogens is 330 g/mol. The molecule has 0 N–H and O–H groups in total. The lowest BCUT2D eigenvalue weighted by atomic mass is 9.91.